The van der Waals surface area contributed by atoms with E-state index in [1.165, 1.54) is 0 Å². The molecule has 5 N–H and O–H groups in total. The fourth-order valence-electron chi connectivity index (χ4n) is 2.30. The third-order valence-electron chi connectivity index (χ3n) is 3.45. The number of benzene rings is 2. The molecule has 130 valence electrons. The maximum Gasteiger partial charge on any atom is 0.407 e. The Hall–Kier alpha value is -2.31. The second-order valence-electron chi connectivity index (χ2n) is 6.76. The zero-order chi connectivity index (χ0) is 17.9. The van der Waals surface area contributed by atoms with Crippen LogP contribution in [0.3, 0.4) is 0 Å². The van der Waals surface area contributed by atoms with Crippen LogP contribution in [-0.4, -0.2) is 34.6 Å². The number of carbonyl (C=O) groups is 1. The number of rotatable bonds is 4. The van der Waals surface area contributed by atoms with Crippen molar-refractivity contribution in [3.8, 4) is 0 Å². The number of aliphatic hydroxyl groups excluding tert-OH is 2. The molecule has 0 saturated heterocycles. The third-order valence-corrected chi connectivity index (χ3v) is 3.45. The summed E-state index contributed by atoms with van der Waals surface area (Å²) in [6.07, 6.45) is -2.91. The number of ether oxygens (including phenoxy) is 1. The standard InChI is InChI=1S/C18H24N2O4/c1-18(2,3)24-17(23)20-10-15(21)16(22)13-5-4-12-9-14(19)7-6-11(12)8-13/h4-9,15-16,21-22H,10,19H2,1-3H3,(H,20,23). The van der Waals surface area contributed by atoms with E-state index < -0.39 is 23.9 Å². The van der Waals surface area contributed by atoms with Crippen molar-refractivity contribution in [1.29, 1.82) is 0 Å². The number of nitrogen functional groups attached to an aromatic ring is 1. The number of nitrogens with two attached hydrogens (primary N) is 1. The Labute approximate surface area is 141 Å². The van der Waals surface area contributed by atoms with E-state index in [9.17, 15) is 15.0 Å². The number of amides is 1. The Morgan fingerprint density at radius 3 is 2.46 bits per heavy atom. The summed E-state index contributed by atoms with van der Waals surface area (Å²) < 4.78 is 5.09. The highest BCUT2D eigenvalue weighted by Crippen LogP contribution is 2.24. The van der Waals surface area contributed by atoms with Gasteiger partial charge in [-0.3, -0.25) is 0 Å². The molecule has 0 aromatic heterocycles. The van der Waals surface area contributed by atoms with E-state index in [2.05, 4.69) is 5.32 Å². The van der Waals surface area contributed by atoms with Crippen molar-refractivity contribution in [2.24, 2.45) is 0 Å². The second kappa shape index (κ2) is 7.07. The molecule has 0 fully saturated rings. The molecule has 2 rings (SSSR count). The van der Waals surface area contributed by atoms with Crippen LogP contribution in [0.15, 0.2) is 36.4 Å². The summed E-state index contributed by atoms with van der Waals surface area (Å²) in [5, 5.41) is 24.7. The molecule has 2 aromatic rings. The quantitative estimate of drug-likeness (QED) is 0.643. The van der Waals surface area contributed by atoms with Gasteiger partial charge < -0.3 is 26.0 Å². The molecular formula is C18H24N2O4. The van der Waals surface area contributed by atoms with Gasteiger partial charge in [0, 0.05) is 12.2 Å². The molecule has 1 amide bonds. The van der Waals surface area contributed by atoms with Gasteiger partial charge in [-0.2, -0.15) is 0 Å². The SMILES string of the molecule is CC(C)(C)OC(=O)NCC(O)C(O)c1ccc2cc(N)ccc2c1. The van der Waals surface area contributed by atoms with Crippen molar-refractivity contribution < 1.29 is 19.7 Å². The monoisotopic (exact) mass is 332 g/mol. The van der Waals surface area contributed by atoms with Crippen LogP contribution in [0, 0.1) is 0 Å². The molecule has 0 heterocycles. The average molecular weight is 332 g/mol. The Kier molecular flexibility index (Phi) is 5.31. The van der Waals surface area contributed by atoms with Crippen molar-refractivity contribution >= 4 is 22.6 Å². The molecule has 0 radical (unpaired) electrons. The lowest BCUT2D eigenvalue weighted by Gasteiger charge is -2.22. The highest BCUT2D eigenvalue weighted by atomic mass is 16.6. The van der Waals surface area contributed by atoms with E-state index >= 15 is 0 Å². The first-order valence-electron chi connectivity index (χ1n) is 7.78. The lowest BCUT2D eigenvalue weighted by Crippen LogP contribution is -2.38. The Morgan fingerprint density at radius 1 is 1.17 bits per heavy atom. The summed E-state index contributed by atoms with van der Waals surface area (Å²) in [7, 11) is 0. The predicted molar refractivity (Wildman–Crippen MR) is 93.6 cm³/mol. The number of hydrogen-bond donors (Lipinski definition) is 4. The van der Waals surface area contributed by atoms with E-state index in [1.54, 1.807) is 39.0 Å². The van der Waals surface area contributed by atoms with Crippen LogP contribution in [-0.2, 0) is 4.74 Å². The van der Waals surface area contributed by atoms with Gasteiger partial charge in [0.15, 0.2) is 0 Å². The van der Waals surface area contributed by atoms with Gasteiger partial charge in [0.05, 0.1) is 0 Å². The summed E-state index contributed by atoms with van der Waals surface area (Å²) in [5.74, 6) is 0. The molecule has 2 unspecified atom stereocenters. The van der Waals surface area contributed by atoms with Crippen LogP contribution in [0.2, 0.25) is 0 Å². The van der Waals surface area contributed by atoms with Gasteiger partial charge >= 0.3 is 6.09 Å². The summed E-state index contributed by atoms with van der Waals surface area (Å²) >= 11 is 0. The lowest BCUT2D eigenvalue weighted by atomic mass is 10.00. The van der Waals surface area contributed by atoms with Crippen LogP contribution >= 0.6 is 0 Å². The van der Waals surface area contributed by atoms with Crippen LogP contribution in [0.4, 0.5) is 10.5 Å². The van der Waals surface area contributed by atoms with Crippen LogP contribution in [0.1, 0.15) is 32.4 Å². The summed E-state index contributed by atoms with van der Waals surface area (Å²) in [6, 6.07) is 10.8. The fraction of sp³-hybridized carbons (Fsp3) is 0.389. The normalized spacial score (nSPS) is 14.2. The molecule has 0 saturated carbocycles. The number of alkyl carbamates (subject to hydrolysis) is 1. The van der Waals surface area contributed by atoms with Gasteiger partial charge in [-0.15, -0.1) is 0 Å². The van der Waals surface area contributed by atoms with E-state index in [4.69, 9.17) is 10.5 Å². The van der Waals surface area contributed by atoms with Crippen molar-refractivity contribution in [2.75, 3.05) is 12.3 Å². The smallest absolute Gasteiger partial charge is 0.407 e. The highest BCUT2D eigenvalue weighted by molar-refractivity contribution is 5.86. The largest absolute Gasteiger partial charge is 0.444 e. The lowest BCUT2D eigenvalue weighted by molar-refractivity contribution is 0.0130. The van der Waals surface area contributed by atoms with Crippen molar-refractivity contribution in [3.05, 3.63) is 42.0 Å². The maximum atomic E-state index is 11.6. The number of nitrogens with one attached hydrogen (secondary N) is 1. The molecule has 0 spiro atoms. The molecule has 6 heteroatoms. The van der Waals surface area contributed by atoms with Crippen molar-refractivity contribution in [1.82, 2.24) is 5.32 Å². The van der Waals surface area contributed by atoms with Crippen molar-refractivity contribution in [3.63, 3.8) is 0 Å². The summed E-state index contributed by atoms with van der Waals surface area (Å²) in [6.45, 7) is 5.13. The Bertz CT molecular complexity index is 725. The average Bonchev–Trinajstić information content (AvgIpc) is 2.49. The number of carbonyl (C=O) groups excluding carboxylic acids is 1. The maximum absolute atomic E-state index is 11.6. The minimum atomic E-state index is -1.15. The highest BCUT2D eigenvalue weighted by Gasteiger charge is 2.21. The molecule has 2 atom stereocenters. The van der Waals surface area contributed by atoms with E-state index in [1.807, 2.05) is 18.2 Å². The first-order chi connectivity index (χ1) is 11.2. The van der Waals surface area contributed by atoms with E-state index in [0.29, 0.717) is 11.3 Å². The molecule has 0 aliphatic carbocycles. The first-order valence-corrected chi connectivity index (χ1v) is 7.78. The van der Waals surface area contributed by atoms with Crippen molar-refractivity contribution in [2.45, 2.75) is 38.6 Å². The van der Waals surface area contributed by atoms with Crippen LogP contribution < -0.4 is 11.1 Å². The van der Waals surface area contributed by atoms with Gasteiger partial charge in [-0.1, -0.05) is 18.2 Å². The molecule has 2 aromatic carbocycles. The number of fused-ring (bicyclic) bond motifs is 1. The predicted octanol–water partition coefficient (Wildman–Crippen LogP) is 2.34. The molecule has 0 aliphatic rings. The molecular weight excluding hydrogens is 308 g/mol. The molecule has 24 heavy (non-hydrogen) atoms. The van der Waals surface area contributed by atoms with E-state index in [-0.39, 0.29) is 6.54 Å². The summed E-state index contributed by atoms with van der Waals surface area (Å²) in [4.78, 5) is 11.6. The van der Waals surface area contributed by atoms with Gasteiger partial charge in [0.2, 0.25) is 0 Å². The second-order valence-corrected chi connectivity index (χ2v) is 6.76. The number of hydrogen-bond acceptors (Lipinski definition) is 5. The first kappa shape index (κ1) is 18.0. The van der Waals surface area contributed by atoms with Crippen LogP contribution in [0.5, 0.6) is 0 Å². The Morgan fingerprint density at radius 2 is 1.79 bits per heavy atom. The van der Waals surface area contributed by atoms with Gasteiger partial charge in [-0.25, -0.2) is 4.79 Å². The topological polar surface area (TPSA) is 105 Å². The third kappa shape index (κ3) is 4.84. The Balaban J connectivity index is 2.01. The molecule has 0 bridgehead atoms. The number of aliphatic hydroxyl groups is 2. The molecule has 6 nitrogen and oxygen atoms in total. The zero-order valence-electron chi connectivity index (χ0n) is 14.1. The molecule has 0 aliphatic heterocycles. The minimum Gasteiger partial charge on any atom is -0.444 e. The number of anilines is 1. The van der Waals surface area contributed by atoms with Gasteiger partial charge in [-0.05, 0) is 55.3 Å². The van der Waals surface area contributed by atoms with Gasteiger partial charge in [0.1, 0.15) is 17.8 Å². The summed E-state index contributed by atoms with van der Waals surface area (Å²) in [5.41, 5.74) is 6.35. The van der Waals surface area contributed by atoms with Gasteiger partial charge in [0.25, 0.3) is 0 Å². The van der Waals surface area contributed by atoms with E-state index in [0.717, 1.165) is 10.8 Å². The zero-order valence-corrected chi connectivity index (χ0v) is 14.1. The van der Waals surface area contributed by atoms with Crippen LogP contribution in [0.25, 0.3) is 10.8 Å². The fourth-order valence-corrected chi connectivity index (χ4v) is 2.30. The minimum absolute atomic E-state index is 0.115.